The zero-order chi connectivity index (χ0) is 10.6. The van der Waals surface area contributed by atoms with Gasteiger partial charge in [-0.2, -0.15) is 8.78 Å². The fraction of sp³-hybridized carbons (Fsp3) is 0.125. The van der Waals surface area contributed by atoms with Crippen LogP contribution in [0.3, 0.4) is 0 Å². The monoisotopic (exact) mass is 201 g/mol. The van der Waals surface area contributed by atoms with Gasteiger partial charge in [0.15, 0.2) is 5.96 Å². The van der Waals surface area contributed by atoms with Crippen molar-refractivity contribution in [3.05, 3.63) is 24.3 Å². The van der Waals surface area contributed by atoms with Crippen LogP contribution in [0.25, 0.3) is 0 Å². The molecule has 0 saturated heterocycles. The van der Waals surface area contributed by atoms with E-state index < -0.39 is 6.61 Å². The second-order valence-electron chi connectivity index (χ2n) is 2.41. The molecule has 0 fully saturated rings. The summed E-state index contributed by atoms with van der Waals surface area (Å²) in [6, 6.07) is 5.65. The molecule has 1 rings (SSSR count). The molecule has 0 radical (unpaired) electrons. The minimum absolute atomic E-state index is 0.0644. The lowest BCUT2D eigenvalue weighted by Gasteiger charge is -2.03. The summed E-state index contributed by atoms with van der Waals surface area (Å²) in [5.74, 6) is -0.0259. The largest absolute Gasteiger partial charge is 0.435 e. The Hall–Kier alpha value is -1.85. The lowest BCUT2D eigenvalue weighted by Crippen LogP contribution is -2.21. The summed E-state index contributed by atoms with van der Waals surface area (Å²) >= 11 is 0. The van der Waals surface area contributed by atoms with Crippen molar-refractivity contribution in [2.24, 2.45) is 16.5 Å². The maximum Gasteiger partial charge on any atom is 0.387 e. The third-order valence-corrected chi connectivity index (χ3v) is 1.32. The van der Waals surface area contributed by atoms with E-state index in [9.17, 15) is 8.78 Å². The highest BCUT2D eigenvalue weighted by Gasteiger charge is 2.02. The van der Waals surface area contributed by atoms with Crippen LogP contribution in [-0.4, -0.2) is 12.6 Å². The van der Waals surface area contributed by atoms with E-state index in [1.807, 2.05) is 0 Å². The van der Waals surface area contributed by atoms with Crippen LogP contribution in [0.1, 0.15) is 0 Å². The minimum atomic E-state index is -2.83. The van der Waals surface area contributed by atoms with Crippen molar-refractivity contribution in [2.45, 2.75) is 6.61 Å². The number of guanidine groups is 1. The van der Waals surface area contributed by atoms with Crippen LogP contribution in [0.15, 0.2) is 29.3 Å². The maximum atomic E-state index is 11.7. The van der Waals surface area contributed by atoms with E-state index in [0.717, 1.165) is 0 Å². The molecule has 6 heteroatoms. The van der Waals surface area contributed by atoms with E-state index in [2.05, 4.69) is 9.73 Å². The molecule has 0 unspecified atom stereocenters. The first-order chi connectivity index (χ1) is 6.58. The number of nitrogens with two attached hydrogens (primary N) is 2. The van der Waals surface area contributed by atoms with Gasteiger partial charge in [-0.25, -0.2) is 4.99 Å². The molecule has 0 atom stereocenters. The van der Waals surface area contributed by atoms with Crippen LogP contribution in [0.4, 0.5) is 14.5 Å². The molecule has 0 aromatic heterocycles. The number of benzene rings is 1. The molecule has 0 bridgehead atoms. The molecular formula is C8H9F2N3O. The summed E-state index contributed by atoms with van der Waals surface area (Å²) < 4.78 is 27.6. The molecule has 0 heterocycles. The van der Waals surface area contributed by atoms with Crippen LogP contribution >= 0.6 is 0 Å². The van der Waals surface area contributed by atoms with Gasteiger partial charge < -0.3 is 16.2 Å². The van der Waals surface area contributed by atoms with E-state index in [4.69, 9.17) is 11.5 Å². The Bertz CT molecular complexity index is 320. The number of rotatable bonds is 3. The number of alkyl halides is 2. The van der Waals surface area contributed by atoms with Crippen molar-refractivity contribution in [1.29, 1.82) is 0 Å². The summed E-state index contributed by atoms with van der Waals surface area (Å²) in [4.78, 5) is 3.71. The van der Waals surface area contributed by atoms with Crippen molar-refractivity contribution in [3.63, 3.8) is 0 Å². The molecule has 4 N–H and O–H groups in total. The first kappa shape index (κ1) is 10.2. The molecule has 76 valence electrons. The van der Waals surface area contributed by atoms with Gasteiger partial charge in [0.05, 0.1) is 5.69 Å². The number of ether oxygens (including phenoxy) is 1. The zero-order valence-electron chi connectivity index (χ0n) is 7.15. The van der Waals surface area contributed by atoms with Gasteiger partial charge in [0.1, 0.15) is 5.75 Å². The SMILES string of the molecule is NC(N)=Nc1ccc(OC(F)F)cc1. The van der Waals surface area contributed by atoms with Crippen LogP contribution in [0.5, 0.6) is 5.75 Å². The van der Waals surface area contributed by atoms with Crippen LogP contribution < -0.4 is 16.2 Å². The Balaban J connectivity index is 2.74. The average Bonchev–Trinajstić information content (AvgIpc) is 2.06. The Morgan fingerprint density at radius 2 is 1.79 bits per heavy atom. The van der Waals surface area contributed by atoms with E-state index in [-0.39, 0.29) is 11.7 Å². The van der Waals surface area contributed by atoms with Crippen LogP contribution in [0, 0.1) is 0 Å². The van der Waals surface area contributed by atoms with E-state index in [1.54, 1.807) is 0 Å². The summed E-state index contributed by atoms with van der Waals surface area (Å²) in [5.41, 5.74) is 10.7. The topological polar surface area (TPSA) is 73.6 Å². The number of halogens is 2. The second-order valence-corrected chi connectivity index (χ2v) is 2.41. The minimum Gasteiger partial charge on any atom is -0.435 e. The van der Waals surface area contributed by atoms with Gasteiger partial charge in [0, 0.05) is 0 Å². The Morgan fingerprint density at radius 1 is 1.21 bits per heavy atom. The molecule has 4 nitrogen and oxygen atoms in total. The number of hydrogen-bond acceptors (Lipinski definition) is 2. The highest BCUT2D eigenvalue weighted by Crippen LogP contribution is 2.19. The molecular weight excluding hydrogens is 192 g/mol. The summed E-state index contributed by atoms with van der Waals surface area (Å²) in [5, 5.41) is 0. The van der Waals surface area contributed by atoms with Crippen molar-refractivity contribution < 1.29 is 13.5 Å². The predicted octanol–water partition coefficient (Wildman–Crippen LogP) is 1.19. The number of aliphatic imine (C=N–C) groups is 1. The molecule has 1 aromatic rings. The molecule has 0 aliphatic rings. The first-order valence-electron chi connectivity index (χ1n) is 3.72. The molecule has 14 heavy (non-hydrogen) atoms. The number of nitrogens with zero attached hydrogens (tertiary/aromatic N) is 1. The number of hydrogen-bond donors (Lipinski definition) is 2. The summed E-state index contributed by atoms with van der Waals surface area (Å²) in [6.45, 7) is -2.83. The summed E-state index contributed by atoms with van der Waals surface area (Å²) in [7, 11) is 0. The first-order valence-corrected chi connectivity index (χ1v) is 3.72. The van der Waals surface area contributed by atoms with Gasteiger partial charge in [-0.1, -0.05) is 0 Å². The van der Waals surface area contributed by atoms with E-state index >= 15 is 0 Å². The van der Waals surface area contributed by atoms with Gasteiger partial charge in [-0.3, -0.25) is 0 Å². The Kier molecular flexibility index (Phi) is 3.22. The quantitative estimate of drug-likeness (QED) is 0.569. The smallest absolute Gasteiger partial charge is 0.387 e. The molecule has 0 spiro atoms. The van der Waals surface area contributed by atoms with Crippen molar-refractivity contribution >= 4 is 11.6 Å². The summed E-state index contributed by atoms with van der Waals surface area (Å²) in [6.07, 6.45) is 0. The van der Waals surface area contributed by atoms with Crippen LogP contribution in [-0.2, 0) is 0 Å². The molecule has 0 saturated carbocycles. The van der Waals surface area contributed by atoms with Crippen molar-refractivity contribution in [1.82, 2.24) is 0 Å². The average molecular weight is 201 g/mol. The maximum absolute atomic E-state index is 11.7. The van der Waals surface area contributed by atoms with E-state index in [1.165, 1.54) is 24.3 Å². The lowest BCUT2D eigenvalue weighted by molar-refractivity contribution is -0.0498. The normalized spacial score (nSPS) is 9.93. The molecule has 0 aliphatic heterocycles. The molecule has 1 aromatic carbocycles. The van der Waals surface area contributed by atoms with Gasteiger partial charge in [0.25, 0.3) is 0 Å². The van der Waals surface area contributed by atoms with Gasteiger partial charge >= 0.3 is 6.61 Å². The van der Waals surface area contributed by atoms with Gasteiger partial charge in [-0.15, -0.1) is 0 Å². The third-order valence-electron chi connectivity index (χ3n) is 1.32. The van der Waals surface area contributed by atoms with Gasteiger partial charge in [0.2, 0.25) is 0 Å². The fourth-order valence-electron chi connectivity index (χ4n) is 0.851. The molecule has 0 aliphatic carbocycles. The van der Waals surface area contributed by atoms with Crippen molar-refractivity contribution in [3.8, 4) is 5.75 Å². The predicted molar refractivity (Wildman–Crippen MR) is 48.5 cm³/mol. The molecule has 0 amide bonds. The highest BCUT2D eigenvalue weighted by atomic mass is 19.3. The van der Waals surface area contributed by atoms with Crippen molar-refractivity contribution in [2.75, 3.05) is 0 Å². The van der Waals surface area contributed by atoms with Gasteiger partial charge in [-0.05, 0) is 24.3 Å². The lowest BCUT2D eigenvalue weighted by atomic mass is 10.3. The Morgan fingerprint density at radius 3 is 2.21 bits per heavy atom. The highest BCUT2D eigenvalue weighted by molar-refractivity contribution is 5.78. The standard InChI is InChI=1S/C8H9F2N3O/c9-7(10)14-6-3-1-5(2-4-6)13-8(11)12/h1-4,7H,(H4,11,12,13). The Labute approximate surface area is 79.2 Å². The zero-order valence-corrected chi connectivity index (χ0v) is 7.15. The fourth-order valence-corrected chi connectivity index (χ4v) is 0.851. The third kappa shape index (κ3) is 3.26. The second kappa shape index (κ2) is 4.40. The van der Waals surface area contributed by atoms with Crippen LogP contribution in [0.2, 0.25) is 0 Å². The van der Waals surface area contributed by atoms with E-state index in [0.29, 0.717) is 5.69 Å².